The van der Waals surface area contributed by atoms with Gasteiger partial charge in [0.2, 0.25) is 11.6 Å². The van der Waals surface area contributed by atoms with Crippen molar-refractivity contribution in [3.8, 4) is 0 Å². The first kappa shape index (κ1) is 46.0. The monoisotopic (exact) mass is 827 g/mol. The Morgan fingerprint density at radius 2 is 1.48 bits per heavy atom. The number of allylic oxidation sites excluding steroid dienone is 6. The Hall–Kier alpha value is -4.56. The molecular weight excluding hydrogens is 755 g/mol. The Bertz CT molecular complexity index is 2230. The second-order valence-corrected chi connectivity index (χ2v) is 17.4. The number of hydrogen-bond donors (Lipinski definition) is 1. The third-order valence-electron chi connectivity index (χ3n) is 12.7. The number of aryl methyl sites for hydroxylation is 1. The highest BCUT2D eigenvalue weighted by atomic mass is 16.5. The van der Waals surface area contributed by atoms with E-state index in [-0.39, 0.29) is 16.7 Å². The second-order valence-electron chi connectivity index (χ2n) is 17.4. The van der Waals surface area contributed by atoms with Crippen molar-refractivity contribution in [1.29, 1.82) is 0 Å². The van der Waals surface area contributed by atoms with Crippen molar-refractivity contribution in [2.45, 2.75) is 111 Å². The van der Waals surface area contributed by atoms with Gasteiger partial charge in [0, 0.05) is 67.0 Å². The highest BCUT2D eigenvalue weighted by molar-refractivity contribution is 6.08. The van der Waals surface area contributed by atoms with E-state index in [2.05, 4.69) is 160 Å². The summed E-state index contributed by atoms with van der Waals surface area (Å²) in [5.74, 6) is 0.0900. The van der Waals surface area contributed by atoms with Gasteiger partial charge in [-0.3, -0.25) is 4.79 Å². The van der Waals surface area contributed by atoms with Crippen LogP contribution in [0, 0.1) is 6.92 Å². The first-order valence-electron chi connectivity index (χ1n) is 23.2. The molecule has 4 aromatic rings. The number of nitrogens with one attached hydrogen (secondary N) is 1. The summed E-state index contributed by atoms with van der Waals surface area (Å²) in [4.78, 5) is 15.2. The molecule has 1 atom stereocenters. The zero-order valence-corrected chi connectivity index (χ0v) is 38.3. The Morgan fingerprint density at radius 1 is 0.721 bits per heavy atom. The summed E-state index contributed by atoms with van der Waals surface area (Å²) in [5, 5.41) is 8.35. The van der Waals surface area contributed by atoms with Crippen molar-refractivity contribution in [3.05, 3.63) is 119 Å². The molecule has 0 spiro atoms. The minimum Gasteiger partial charge on any atom is -0.379 e. The van der Waals surface area contributed by atoms with E-state index in [0.29, 0.717) is 46.0 Å². The summed E-state index contributed by atoms with van der Waals surface area (Å²) in [6.07, 6.45) is 19.2. The van der Waals surface area contributed by atoms with E-state index in [1.54, 1.807) is 0 Å². The molecule has 2 aliphatic heterocycles. The fraction of sp³-hybridized carbons (Fsp3) is 0.481. The lowest BCUT2D eigenvalue weighted by molar-refractivity contribution is -0.438. The number of ether oxygens (including phenoxy) is 3. The molecule has 4 aromatic carbocycles. The Kier molecular flexibility index (Phi) is 16.6. The number of unbranched alkanes of at least 4 members (excludes halogenated alkanes) is 3. The maximum Gasteiger partial charge on any atom is 0.220 e. The van der Waals surface area contributed by atoms with Crippen LogP contribution in [0.5, 0.6) is 0 Å². The molecule has 0 radical (unpaired) electrons. The van der Waals surface area contributed by atoms with Gasteiger partial charge >= 0.3 is 0 Å². The van der Waals surface area contributed by atoms with Crippen LogP contribution in [0.2, 0.25) is 0 Å². The molecule has 0 aliphatic carbocycles. The molecule has 0 aromatic heterocycles. The van der Waals surface area contributed by atoms with Gasteiger partial charge in [-0.15, -0.1) is 0 Å². The first-order chi connectivity index (χ1) is 29.7. The van der Waals surface area contributed by atoms with Crippen LogP contribution in [0.4, 0.5) is 11.4 Å². The minimum absolute atomic E-state index is 0.0900. The molecule has 0 fully saturated rings. The summed E-state index contributed by atoms with van der Waals surface area (Å²) < 4.78 is 19.1. The number of carbonyl (C=O) groups is 1. The van der Waals surface area contributed by atoms with Gasteiger partial charge in [-0.2, -0.15) is 4.58 Å². The zero-order chi connectivity index (χ0) is 43.2. The largest absolute Gasteiger partial charge is 0.379 e. The molecule has 0 bridgehead atoms. The lowest BCUT2D eigenvalue weighted by Gasteiger charge is -2.30. The summed E-state index contributed by atoms with van der Waals surface area (Å²) in [7, 11) is 0. The lowest BCUT2D eigenvalue weighted by atomic mass is 9.75. The van der Waals surface area contributed by atoms with Crippen LogP contribution < -0.4 is 10.2 Å². The van der Waals surface area contributed by atoms with E-state index in [9.17, 15) is 4.79 Å². The van der Waals surface area contributed by atoms with Crippen LogP contribution in [-0.4, -0.2) is 75.5 Å². The molecule has 2 aliphatic rings. The Balaban J connectivity index is 1.12. The fourth-order valence-electron chi connectivity index (χ4n) is 9.66. The van der Waals surface area contributed by atoms with Crippen molar-refractivity contribution in [1.82, 2.24) is 5.32 Å². The van der Waals surface area contributed by atoms with Gasteiger partial charge < -0.3 is 24.4 Å². The number of amides is 1. The maximum absolute atomic E-state index is 12.7. The quantitative estimate of drug-likeness (QED) is 0.0433. The predicted molar refractivity (Wildman–Crippen MR) is 256 cm³/mol. The van der Waals surface area contributed by atoms with Crippen LogP contribution in [0.25, 0.3) is 21.5 Å². The summed E-state index contributed by atoms with van der Waals surface area (Å²) in [5.41, 5.74) is 9.24. The van der Waals surface area contributed by atoms with Gasteiger partial charge in [0.05, 0.1) is 38.4 Å². The number of fused-ring (bicyclic) bond motifs is 6. The molecule has 1 unspecified atom stereocenters. The number of anilines is 1. The smallest absolute Gasteiger partial charge is 0.220 e. The van der Waals surface area contributed by atoms with Gasteiger partial charge in [0.15, 0.2) is 5.71 Å². The van der Waals surface area contributed by atoms with Crippen LogP contribution >= 0.6 is 0 Å². The van der Waals surface area contributed by atoms with Crippen molar-refractivity contribution >= 4 is 44.5 Å². The molecule has 1 amide bonds. The van der Waals surface area contributed by atoms with Crippen LogP contribution in [-0.2, 0) is 29.8 Å². The standard InChI is InChI=1S/C54H71N3O4/c1-8-11-34-57-46-31-29-43-41(4)21-20-24-45(43)51(46)53(5,6)48(57)25-14-12-15-26-49-54(7,52-44-23-18-17-22-42(44)28-30-47(52)56(49)10-3)32-19-13-16-27-50(58)55-33-36-60-38-40-61-39-37-59-35-9-2/h12,14-15,17-18,20-26,28-31H,8-11,13,16,19,27,32-40H2,1-7H3/p+1. The molecule has 6 rings (SSSR count). The number of nitrogens with zero attached hydrogens (tertiary/aromatic N) is 2. The summed E-state index contributed by atoms with van der Waals surface area (Å²) in [6, 6.07) is 24.8. The van der Waals surface area contributed by atoms with Crippen molar-refractivity contribution in [2.75, 3.05) is 64.2 Å². The molecule has 7 nitrogen and oxygen atoms in total. The van der Waals surface area contributed by atoms with Crippen molar-refractivity contribution < 1.29 is 23.6 Å². The van der Waals surface area contributed by atoms with Gasteiger partial charge in [-0.25, -0.2) is 0 Å². The predicted octanol–water partition coefficient (Wildman–Crippen LogP) is 11.8. The fourth-order valence-corrected chi connectivity index (χ4v) is 9.66. The highest BCUT2D eigenvalue weighted by Crippen LogP contribution is 2.53. The van der Waals surface area contributed by atoms with E-state index in [1.165, 1.54) is 61.0 Å². The third kappa shape index (κ3) is 10.6. The SMILES string of the molecule is CCCC[N+]1=C(/C=C/C=C/C=C2/N(CC)c3ccc4ccccc4c3C2(C)CCCCCC(=O)NCCOCCOCCOCCC)C(C)(C)c2c1ccc1c(C)cccc21. The van der Waals surface area contributed by atoms with E-state index in [1.807, 2.05) is 0 Å². The van der Waals surface area contributed by atoms with Crippen molar-refractivity contribution in [3.63, 3.8) is 0 Å². The maximum atomic E-state index is 12.7. The zero-order valence-electron chi connectivity index (χ0n) is 38.3. The molecule has 1 N–H and O–H groups in total. The number of benzene rings is 4. The topological polar surface area (TPSA) is 63.0 Å². The normalized spacial score (nSPS) is 17.8. The first-order valence-corrected chi connectivity index (χ1v) is 23.2. The molecule has 61 heavy (non-hydrogen) atoms. The van der Waals surface area contributed by atoms with Gasteiger partial charge in [-0.05, 0) is 105 Å². The van der Waals surface area contributed by atoms with E-state index in [0.717, 1.165) is 64.6 Å². The van der Waals surface area contributed by atoms with Gasteiger partial charge in [0.1, 0.15) is 6.54 Å². The molecule has 2 heterocycles. The average molecular weight is 827 g/mol. The second kappa shape index (κ2) is 22.0. The summed E-state index contributed by atoms with van der Waals surface area (Å²) >= 11 is 0. The number of likely N-dealkylation sites (N-methyl/N-ethyl adjacent to an activating group) is 1. The number of hydrogen-bond acceptors (Lipinski definition) is 5. The molecule has 0 saturated heterocycles. The van der Waals surface area contributed by atoms with Crippen LogP contribution in [0.1, 0.15) is 110 Å². The molecule has 326 valence electrons. The highest BCUT2D eigenvalue weighted by Gasteiger charge is 2.46. The molecule has 7 heteroatoms. The average Bonchev–Trinajstić information content (AvgIpc) is 3.64. The molecule has 0 saturated carbocycles. The van der Waals surface area contributed by atoms with Crippen LogP contribution in [0.15, 0.2) is 103 Å². The van der Waals surface area contributed by atoms with Crippen molar-refractivity contribution in [2.24, 2.45) is 0 Å². The van der Waals surface area contributed by atoms with E-state index < -0.39 is 0 Å². The van der Waals surface area contributed by atoms with E-state index in [4.69, 9.17) is 14.2 Å². The third-order valence-corrected chi connectivity index (χ3v) is 12.7. The lowest BCUT2D eigenvalue weighted by Crippen LogP contribution is -2.29. The number of carbonyl (C=O) groups excluding carboxylic acids is 1. The molecular formula is C54H72N3O4+. The van der Waals surface area contributed by atoms with Gasteiger partial charge in [0.25, 0.3) is 0 Å². The van der Waals surface area contributed by atoms with Gasteiger partial charge in [-0.1, -0.05) is 99.9 Å². The summed E-state index contributed by atoms with van der Waals surface area (Å²) in [6.45, 7) is 22.0. The van der Waals surface area contributed by atoms with Crippen LogP contribution in [0.3, 0.4) is 0 Å². The van der Waals surface area contributed by atoms with E-state index >= 15 is 0 Å². The Labute approximate surface area is 366 Å². The Morgan fingerprint density at radius 3 is 2.25 bits per heavy atom. The number of rotatable bonds is 24. The minimum atomic E-state index is -0.175.